The summed E-state index contributed by atoms with van der Waals surface area (Å²) in [5, 5.41) is 2.76. The van der Waals surface area contributed by atoms with Crippen molar-refractivity contribution in [3.63, 3.8) is 0 Å². The molecule has 1 amide bonds. The van der Waals surface area contributed by atoms with Crippen LogP contribution in [0.25, 0.3) is 0 Å². The molecule has 176 valence electrons. The van der Waals surface area contributed by atoms with Crippen LogP contribution in [0, 0.1) is 5.92 Å². The van der Waals surface area contributed by atoms with Gasteiger partial charge in [0.2, 0.25) is 5.91 Å². The minimum absolute atomic E-state index is 0.0109. The normalized spacial score (nSPS) is 15.8. The molecule has 0 spiro atoms. The lowest BCUT2D eigenvalue weighted by Crippen LogP contribution is -2.52. The van der Waals surface area contributed by atoms with Crippen molar-refractivity contribution in [3.05, 3.63) is 71.8 Å². The molecule has 1 saturated carbocycles. The number of ether oxygens (including phenoxy) is 2. The number of nitrogens with one attached hydrogen (secondary N) is 1. The summed E-state index contributed by atoms with van der Waals surface area (Å²) in [5.41, 5.74) is 7.69. The van der Waals surface area contributed by atoms with Crippen molar-refractivity contribution in [1.29, 1.82) is 0 Å². The molecule has 2 atom stereocenters. The Balaban J connectivity index is 1.54. The molecule has 0 heterocycles. The zero-order valence-electron chi connectivity index (χ0n) is 18.8. The molecule has 0 aliphatic heterocycles. The molecule has 1 aliphatic carbocycles. The Morgan fingerprint density at radius 2 is 1.39 bits per heavy atom. The van der Waals surface area contributed by atoms with Gasteiger partial charge in [0.25, 0.3) is 0 Å². The fourth-order valence-electron chi connectivity index (χ4n) is 3.98. The molecule has 1 aliphatic rings. The van der Waals surface area contributed by atoms with Crippen LogP contribution in [0.3, 0.4) is 0 Å². The highest BCUT2D eigenvalue weighted by Crippen LogP contribution is 2.27. The molecule has 7 heteroatoms. The van der Waals surface area contributed by atoms with Gasteiger partial charge in [-0.15, -0.1) is 0 Å². The number of rotatable bonds is 10. The van der Waals surface area contributed by atoms with Crippen LogP contribution < -0.4 is 11.1 Å². The maximum Gasteiger partial charge on any atom is 0.329 e. The van der Waals surface area contributed by atoms with Crippen LogP contribution in [-0.2, 0) is 37.1 Å². The topological polar surface area (TPSA) is 108 Å². The third-order valence-corrected chi connectivity index (χ3v) is 5.86. The van der Waals surface area contributed by atoms with E-state index < -0.39 is 29.9 Å². The monoisotopic (exact) mass is 452 g/mol. The lowest BCUT2D eigenvalue weighted by atomic mass is 9.83. The van der Waals surface area contributed by atoms with Crippen LogP contribution in [-0.4, -0.2) is 29.9 Å². The SMILES string of the molecule is N[C@@H](CC(=O)OCc1ccccc1)C(=O)N[C@H](C(=O)OCc1ccccc1)C1CCCCC1. The van der Waals surface area contributed by atoms with Crippen molar-refractivity contribution in [1.82, 2.24) is 5.32 Å². The van der Waals surface area contributed by atoms with Crippen LogP contribution in [0.2, 0.25) is 0 Å². The number of benzene rings is 2. The largest absolute Gasteiger partial charge is 0.461 e. The van der Waals surface area contributed by atoms with E-state index in [0.29, 0.717) is 0 Å². The lowest BCUT2D eigenvalue weighted by molar-refractivity contribution is -0.151. The van der Waals surface area contributed by atoms with E-state index in [1.165, 1.54) is 0 Å². The van der Waals surface area contributed by atoms with Gasteiger partial charge >= 0.3 is 11.9 Å². The second-order valence-corrected chi connectivity index (χ2v) is 8.43. The molecular weight excluding hydrogens is 420 g/mol. The van der Waals surface area contributed by atoms with Crippen LogP contribution in [0.15, 0.2) is 60.7 Å². The fraction of sp³-hybridized carbons (Fsp3) is 0.423. The van der Waals surface area contributed by atoms with Crippen molar-refractivity contribution in [3.8, 4) is 0 Å². The highest BCUT2D eigenvalue weighted by atomic mass is 16.5. The molecule has 3 rings (SSSR count). The highest BCUT2D eigenvalue weighted by molar-refractivity contribution is 5.90. The summed E-state index contributed by atoms with van der Waals surface area (Å²) in [6, 6.07) is 16.8. The van der Waals surface area contributed by atoms with E-state index >= 15 is 0 Å². The van der Waals surface area contributed by atoms with Gasteiger partial charge in [0.15, 0.2) is 0 Å². The van der Waals surface area contributed by atoms with Gasteiger partial charge in [0.1, 0.15) is 19.3 Å². The molecule has 7 nitrogen and oxygen atoms in total. The minimum atomic E-state index is -1.11. The number of carbonyl (C=O) groups is 3. The second kappa shape index (κ2) is 12.7. The summed E-state index contributed by atoms with van der Waals surface area (Å²) in [6.07, 6.45) is 4.51. The number of hydrogen-bond donors (Lipinski definition) is 2. The first-order valence-corrected chi connectivity index (χ1v) is 11.5. The molecule has 2 aromatic carbocycles. The van der Waals surface area contributed by atoms with Gasteiger partial charge in [-0.25, -0.2) is 4.79 Å². The van der Waals surface area contributed by atoms with E-state index in [4.69, 9.17) is 15.2 Å². The maximum absolute atomic E-state index is 12.9. The number of hydrogen-bond acceptors (Lipinski definition) is 6. The predicted octanol–water partition coefficient (Wildman–Crippen LogP) is 3.26. The van der Waals surface area contributed by atoms with Crippen LogP contribution in [0.5, 0.6) is 0 Å². The first-order chi connectivity index (χ1) is 16.0. The van der Waals surface area contributed by atoms with E-state index in [-0.39, 0.29) is 25.6 Å². The third-order valence-electron chi connectivity index (χ3n) is 5.86. The van der Waals surface area contributed by atoms with Gasteiger partial charge in [-0.05, 0) is 29.9 Å². The van der Waals surface area contributed by atoms with Crippen molar-refractivity contribution < 1.29 is 23.9 Å². The van der Waals surface area contributed by atoms with Gasteiger partial charge in [-0.3, -0.25) is 9.59 Å². The lowest BCUT2D eigenvalue weighted by Gasteiger charge is -2.30. The summed E-state index contributed by atoms with van der Waals surface area (Å²) < 4.78 is 10.7. The Labute approximate surface area is 194 Å². The first-order valence-electron chi connectivity index (χ1n) is 11.5. The second-order valence-electron chi connectivity index (χ2n) is 8.43. The summed E-state index contributed by atoms with van der Waals surface area (Å²) in [7, 11) is 0. The zero-order valence-corrected chi connectivity index (χ0v) is 18.8. The van der Waals surface area contributed by atoms with Gasteiger partial charge in [-0.2, -0.15) is 0 Å². The van der Waals surface area contributed by atoms with E-state index in [2.05, 4.69) is 5.32 Å². The number of amides is 1. The molecule has 1 fully saturated rings. The number of esters is 2. The van der Waals surface area contributed by atoms with E-state index in [1.54, 1.807) is 0 Å². The van der Waals surface area contributed by atoms with Gasteiger partial charge in [0.05, 0.1) is 12.5 Å². The highest BCUT2D eigenvalue weighted by Gasteiger charge is 2.33. The van der Waals surface area contributed by atoms with Crippen molar-refractivity contribution in [2.45, 2.75) is 63.8 Å². The predicted molar refractivity (Wildman–Crippen MR) is 124 cm³/mol. The van der Waals surface area contributed by atoms with Crippen molar-refractivity contribution >= 4 is 17.8 Å². The van der Waals surface area contributed by atoms with E-state index in [1.807, 2.05) is 60.7 Å². The number of carbonyl (C=O) groups excluding carboxylic acids is 3. The van der Waals surface area contributed by atoms with Gasteiger partial charge < -0.3 is 20.5 Å². The Kier molecular flexibility index (Phi) is 9.44. The summed E-state index contributed by atoms with van der Waals surface area (Å²) in [4.78, 5) is 37.8. The third kappa shape index (κ3) is 8.02. The molecular formula is C26H32N2O5. The molecule has 0 saturated heterocycles. The molecule has 33 heavy (non-hydrogen) atoms. The maximum atomic E-state index is 12.9. The van der Waals surface area contributed by atoms with E-state index in [0.717, 1.165) is 43.2 Å². The van der Waals surface area contributed by atoms with Gasteiger partial charge in [-0.1, -0.05) is 79.9 Å². The quantitative estimate of drug-likeness (QED) is 0.536. The first kappa shape index (κ1) is 24.5. The Morgan fingerprint density at radius 3 is 1.97 bits per heavy atom. The van der Waals surface area contributed by atoms with Crippen molar-refractivity contribution in [2.75, 3.05) is 0 Å². The fourth-order valence-corrected chi connectivity index (χ4v) is 3.98. The molecule has 0 radical (unpaired) electrons. The Morgan fingerprint density at radius 1 is 0.848 bits per heavy atom. The smallest absolute Gasteiger partial charge is 0.329 e. The summed E-state index contributed by atoms with van der Waals surface area (Å²) >= 11 is 0. The molecule has 0 bridgehead atoms. The number of nitrogens with two attached hydrogens (primary N) is 1. The van der Waals surface area contributed by atoms with E-state index in [9.17, 15) is 14.4 Å². The molecule has 0 unspecified atom stereocenters. The molecule has 3 N–H and O–H groups in total. The minimum Gasteiger partial charge on any atom is -0.461 e. The zero-order chi connectivity index (χ0) is 23.5. The Bertz CT molecular complexity index is 897. The van der Waals surface area contributed by atoms with Crippen LogP contribution >= 0.6 is 0 Å². The summed E-state index contributed by atoms with van der Waals surface area (Å²) in [5.74, 6) is -1.61. The average Bonchev–Trinajstić information content (AvgIpc) is 2.86. The van der Waals surface area contributed by atoms with Gasteiger partial charge in [0, 0.05) is 0 Å². The summed E-state index contributed by atoms with van der Waals surface area (Å²) in [6.45, 7) is 0.251. The standard InChI is InChI=1S/C26H32N2O5/c27-22(16-23(29)32-17-19-10-4-1-5-11-19)25(30)28-24(21-14-8-3-9-15-21)26(31)33-18-20-12-6-2-7-13-20/h1-2,4-7,10-13,21-22,24H,3,8-9,14-18,27H2,(H,28,30)/t22-,24-/m0/s1. The van der Waals surface area contributed by atoms with Crippen LogP contribution in [0.1, 0.15) is 49.7 Å². The Hall–Kier alpha value is -3.19. The average molecular weight is 453 g/mol. The van der Waals surface area contributed by atoms with Crippen molar-refractivity contribution in [2.24, 2.45) is 11.7 Å². The van der Waals surface area contributed by atoms with Crippen LogP contribution in [0.4, 0.5) is 0 Å². The molecule has 0 aromatic heterocycles. The molecule has 2 aromatic rings.